The number of ether oxygens (including phenoxy) is 2. The monoisotopic (exact) mass is 331 g/mol. The number of fused-ring (bicyclic) bond motifs is 1. The minimum atomic E-state index is -0.262. The standard InChI is InChI=1S/C20H29NO3/c1-20(10-14-23-15-11-20)19(22)21-12-5-13-24-18-9-4-7-16-6-2-3-8-17(16)18/h2-3,6,8,18H,4-5,7,9-15H2,1H3,(H,21,22)/t18-/m0/s1. The Kier molecular flexibility index (Phi) is 5.90. The number of carbonyl (C=O) groups is 1. The van der Waals surface area contributed by atoms with Crippen LogP contribution in [0, 0.1) is 5.41 Å². The van der Waals surface area contributed by atoms with Gasteiger partial charge in [-0.15, -0.1) is 0 Å². The van der Waals surface area contributed by atoms with E-state index in [0.717, 1.165) is 32.1 Å². The molecule has 0 spiro atoms. The van der Waals surface area contributed by atoms with Crippen molar-refractivity contribution >= 4 is 5.91 Å². The zero-order chi connectivity index (χ0) is 16.8. The molecule has 1 saturated heterocycles. The van der Waals surface area contributed by atoms with Gasteiger partial charge in [0.2, 0.25) is 5.91 Å². The fourth-order valence-corrected chi connectivity index (χ4v) is 3.64. The highest BCUT2D eigenvalue weighted by molar-refractivity contribution is 5.82. The molecule has 1 N–H and O–H groups in total. The number of nitrogens with one attached hydrogen (secondary N) is 1. The molecule has 1 amide bonds. The second-order valence-electron chi connectivity index (χ2n) is 7.23. The minimum Gasteiger partial charge on any atom is -0.381 e. The Morgan fingerprint density at radius 3 is 2.96 bits per heavy atom. The summed E-state index contributed by atoms with van der Waals surface area (Å²) < 4.78 is 11.4. The van der Waals surface area contributed by atoms with Crippen molar-refractivity contribution in [2.45, 2.75) is 51.6 Å². The third-order valence-electron chi connectivity index (χ3n) is 5.38. The predicted molar refractivity (Wildman–Crippen MR) is 93.9 cm³/mol. The van der Waals surface area contributed by atoms with Crippen molar-refractivity contribution in [1.82, 2.24) is 5.32 Å². The average molecular weight is 331 g/mol. The van der Waals surface area contributed by atoms with Crippen LogP contribution < -0.4 is 5.32 Å². The van der Waals surface area contributed by atoms with E-state index in [2.05, 4.69) is 29.6 Å². The lowest BCUT2D eigenvalue weighted by atomic mass is 9.81. The third-order valence-corrected chi connectivity index (χ3v) is 5.38. The van der Waals surface area contributed by atoms with E-state index in [1.165, 1.54) is 17.5 Å². The first-order valence-corrected chi connectivity index (χ1v) is 9.24. The smallest absolute Gasteiger partial charge is 0.226 e. The van der Waals surface area contributed by atoms with E-state index in [-0.39, 0.29) is 17.4 Å². The van der Waals surface area contributed by atoms with E-state index in [9.17, 15) is 4.79 Å². The zero-order valence-corrected chi connectivity index (χ0v) is 14.7. The maximum atomic E-state index is 12.3. The van der Waals surface area contributed by atoms with Crippen LogP contribution in [0.3, 0.4) is 0 Å². The second-order valence-corrected chi connectivity index (χ2v) is 7.23. The summed E-state index contributed by atoms with van der Waals surface area (Å²) in [7, 11) is 0. The summed E-state index contributed by atoms with van der Waals surface area (Å²) in [6.07, 6.45) is 6.16. The molecule has 0 aromatic heterocycles. The molecule has 24 heavy (non-hydrogen) atoms. The first-order chi connectivity index (χ1) is 11.7. The molecule has 0 bridgehead atoms. The molecule has 2 aliphatic rings. The molecule has 0 saturated carbocycles. The van der Waals surface area contributed by atoms with E-state index in [0.29, 0.717) is 26.4 Å². The summed E-state index contributed by atoms with van der Waals surface area (Å²) in [5.41, 5.74) is 2.51. The summed E-state index contributed by atoms with van der Waals surface area (Å²) in [5, 5.41) is 3.08. The minimum absolute atomic E-state index is 0.161. The number of rotatable bonds is 6. The molecule has 132 valence electrons. The molecular formula is C20H29NO3. The van der Waals surface area contributed by atoms with Crippen molar-refractivity contribution in [2.24, 2.45) is 5.41 Å². The topological polar surface area (TPSA) is 47.6 Å². The zero-order valence-electron chi connectivity index (χ0n) is 14.7. The van der Waals surface area contributed by atoms with Crippen molar-refractivity contribution in [3.05, 3.63) is 35.4 Å². The maximum Gasteiger partial charge on any atom is 0.226 e. The quantitative estimate of drug-likeness (QED) is 0.813. The molecule has 1 aliphatic carbocycles. The molecular weight excluding hydrogens is 302 g/mol. The van der Waals surface area contributed by atoms with Crippen molar-refractivity contribution in [3.63, 3.8) is 0 Å². The van der Waals surface area contributed by atoms with Crippen molar-refractivity contribution < 1.29 is 14.3 Å². The van der Waals surface area contributed by atoms with Gasteiger partial charge < -0.3 is 14.8 Å². The van der Waals surface area contributed by atoms with E-state index in [1.54, 1.807) is 0 Å². The molecule has 1 aromatic rings. The summed E-state index contributed by atoms with van der Waals surface area (Å²) in [6, 6.07) is 8.59. The van der Waals surface area contributed by atoms with Gasteiger partial charge in [-0.3, -0.25) is 4.79 Å². The van der Waals surface area contributed by atoms with Gasteiger partial charge in [0, 0.05) is 26.4 Å². The van der Waals surface area contributed by atoms with Gasteiger partial charge in [-0.05, 0) is 49.7 Å². The van der Waals surface area contributed by atoms with Gasteiger partial charge in [-0.2, -0.15) is 0 Å². The average Bonchev–Trinajstić information content (AvgIpc) is 2.62. The molecule has 3 rings (SSSR count). The van der Waals surface area contributed by atoms with Gasteiger partial charge in [0.05, 0.1) is 11.5 Å². The molecule has 1 aliphatic heterocycles. The van der Waals surface area contributed by atoms with Crippen LogP contribution >= 0.6 is 0 Å². The van der Waals surface area contributed by atoms with Gasteiger partial charge in [0.25, 0.3) is 0 Å². The number of hydrogen-bond donors (Lipinski definition) is 1. The van der Waals surface area contributed by atoms with Gasteiger partial charge in [-0.25, -0.2) is 0 Å². The number of hydrogen-bond acceptors (Lipinski definition) is 3. The van der Waals surface area contributed by atoms with Crippen molar-refractivity contribution in [2.75, 3.05) is 26.4 Å². The molecule has 1 aromatic carbocycles. The van der Waals surface area contributed by atoms with Gasteiger partial charge in [0.15, 0.2) is 0 Å². The molecule has 4 nitrogen and oxygen atoms in total. The van der Waals surface area contributed by atoms with Crippen LogP contribution in [0.25, 0.3) is 0 Å². The lowest BCUT2D eigenvalue weighted by Crippen LogP contribution is -2.43. The molecule has 0 radical (unpaired) electrons. The Balaban J connectivity index is 1.38. The number of aryl methyl sites for hydroxylation is 1. The van der Waals surface area contributed by atoms with Gasteiger partial charge in [0.1, 0.15) is 0 Å². The Bertz CT molecular complexity index is 552. The lowest BCUT2D eigenvalue weighted by Gasteiger charge is -2.32. The lowest BCUT2D eigenvalue weighted by molar-refractivity contribution is -0.135. The SMILES string of the molecule is CC1(C(=O)NCCCO[C@H]2CCCc3ccccc32)CCOCC1. The van der Waals surface area contributed by atoms with Crippen LogP contribution in [0.1, 0.15) is 56.3 Å². The fraction of sp³-hybridized carbons (Fsp3) is 0.650. The van der Waals surface area contributed by atoms with Gasteiger partial charge in [-0.1, -0.05) is 31.2 Å². The Morgan fingerprint density at radius 2 is 2.12 bits per heavy atom. The van der Waals surface area contributed by atoms with Crippen molar-refractivity contribution in [3.8, 4) is 0 Å². The van der Waals surface area contributed by atoms with E-state index >= 15 is 0 Å². The number of amides is 1. The highest BCUT2D eigenvalue weighted by Crippen LogP contribution is 2.32. The van der Waals surface area contributed by atoms with Crippen LogP contribution in [0.15, 0.2) is 24.3 Å². The summed E-state index contributed by atoms with van der Waals surface area (Å²) in [5.74, 6) is 0.161. The van der Waals surface area contributed by atoms with E-state index in [1.807, 2.05) is 6.92 Å². The Labute approximate surface area is 144 Å². The van der Waals surface area contributed by atoms with Crippen LogP contribution in [-0.4, -0.2) is 32.3 Å². The first-order valence-electron chi connectivity index (χ1n) is 9.24. The van der Waals surface area contributed by atoms with E-state index in [4.69, 9.17) is 9.47 Å². The van der Waals surface area contributed by atoms with Crippen LogP contribution in [0.5, 0.6) is 0 Å². The maximum absolute atomic E-state index is 12.3. The second kappa shape index (κ2) is 8.13. The molecule has 4 heteroatoms. The molecule has 1 fully saturated rings. The normalized spacial score (nSPS) is 22.6. The Morgan fingerprint density at radius 1 is 1.33 bits per heavy atom. The van der Waals surface area contributed by atoms with Crippen molar-refractivity contribution in [1.29, 1.82) is 0 Å². The Hall–Kier alpha value is -1.39. The van der Waals surface area contributed by atoms with Gasteiger partial charge >= 0.3 is 0 Å². The van der Waals surface area contributed by atoms with Crippen LogP contribution in [-0.2, 0) is 20.7 Å². The number of carbonyl (C=O) groups excluding carboxylic acids is 1. The largest absolute Gasteiger partial charge is 0.381 e. The highest BCUT2D eigenvalue weighted by atomic mass is 16.5. The summed E-state index contributed by atoms with van der Waals surface area (Å²) >= 11 is 0. The summed E-state index contributed by atoms with van der Waals surface area (Å²) in [4.78, 5) is 12.3. The van der Waals surface area contributed by atoms with E-state index < -0.39 is 0 Å². The van der Waals surface area contributed by atoms with Crippen LogP contribution in [0.2, 0.25) is 0 Å². The molecule has 0 unspecified atom stereocenters. The summed E-state index contributed by atoms with van der Waals surface area (Å²) in [6.45, 7) is 4.80. The van der Waals surface area contributed by atoms with Crippen LogP contribution in [0.4, 0.5) is 0 Å². The third kappa shape index (κ3) is 4.17. The number of benzene rings is 1. The first kappa shape index (κ1) is 17.4. The fourth-order valence-electron chi connectivity index (χ4n) is 3.64. The molecule has 1 atom stereocenters. The molecule has 1 heterocycles. The predicted octanol–water partition coefficient (Wildman–Crippen LogP) is 3.40. The highest BCUT2D eigenvalue weighted by Gasteiger charge is 2.34.